The molecule has 2 rings (SSSR count). The smallest absolute Gasteiger partial charge is 0.0994 e. The molecule has 0 atom stereocenters. The monoisotopic (exact) mass is 253 g/mol. The van der Waals surface area contributed by atoms with Gasteiger partial charge >= 0.3 is 0 Å². The van der Waals surface area contributed by atoms with E-state index in [0.717, 1.165) is 16.9 Å². The van der Waals surface area contributed by atoms with Gasteiger partial charge in [-0.15, -0.1) is 11.8 Å². The summed E-state index contributed by atoms with van der Waals surface area (Å²) in [6, 6.07) is 16.5. The van der Waals surface area contributed by atoms with E-state index in [1.54, 1.807) is 11.8 Å². The van der Waals surface area contributed by atoms with Crippen LogP contribution in [0.3, 0.4) is 0 Å². The van der Waals surface area contributed by atoms with E-state index in [-0.39, 0.29) is 0 Å². The fourth-order valence-corrected chi connectivity index (χ4v) is 2.72. The van der Waals surface area contributed by atoms with E-state index in [4.69, 9.17) is 5.26 Å². The van der Waals surface area contributed by atoms with Crippen molar-refractivity contribution in [1.29, 1.82) is 5.26 Å². The molecular weight excluding hydrogens is 238 g/mol. The van der Waals surface area contributed by atoms with Crippen LogP contribution in [-0.2, 0) is 5.75 Å². The highest BCUT2D eigenvalue weighted by atomic mass is 32.2. The number of hydrogen-bond acceptors (Lipinski definition) is 2. The highest BCUT2D eigenvalue weighted by Gasteiger charge is 2.02. The van der Waals surface area contributed by atoms with Crippen molar-refractivity contribution in [3.05, 3.63) is 64.7 Å². The summed E-state index contributed by atoms with van der Waals surface area (Å²) in [5.74, 6) is 0.840. The second-order valence-corrected chi connectivity index (χ2v) is 5.35. The third kappa shape index (κ3) is 2.94. The van der Waals surface area contributed by atoms with Crippen molar-refractivity contribution in [1.82, 2.24) is 0 Å². The molecule has 0 aromatic heterocycles. The SMILES string of the molecule is Cc1ccc(SCc2ccccc2C#N)cc1C. The Labute approximate surface area is 112 Å². The number of nitriles is 1. The quantitative estimate of drug-likeness (QED) is 0.754. The zero-order chi connectivity index (χ0) is 13.0. The van der Waals surface area contributed by atoms with Crippen LogP contribution in [0.4, 0.5) is 0 Å². The molecule has 2 heteroatoms. The fourth-order valence-electron chi connectivity index (χ4n) is 1.72. The second kappa shape index (κ2) is 5.75. The summed E-state index contributed by atoms with van der Waals surface area (Å²) in [7, 11) is 0. The first-order chi connectivity index (χ1) is 8.70. The first kappa shape index (κ1) is 12.7. The van der Waals surface area contributed by atoms with Gasteiger partial charge in [0.2, 0.25) is 0 Å². The minimum atomic E-state index is 0.772. The Bertz CT molecular complexity index is 596. The Kier molecular flexibility index (Phi) is 4.07. The molecule has 0 spiro atoms. The van der Waals surface area contributed by atoms with Gasteiger partial charge in [-0.2, -0.15) is 5.26 Å². The lowest BCUT2D eigenvalue weighted by atomic mass is 10.1. The lowest BCUT2D eigenvalue weighted by molar-refractivity contribution is 1.27. The van der Waals surface area contributed by atoms with Crippen molar-refractivity contribution in [2.45, 2.75) is 24.5 Å². The maximum Gasteiger partial charge on any atom is 0.0994 e. The maximum atomic E-state index is 9.04. The molecule has 90 valence electrons. The summed E-state index contributed by atoms with van der Waals surface area (Å²) in [5.41, 5.74) is 4.50. The first-order valence-electron chi connectivity index (χ1n) is 5.89. The van der Waals surface area contributed by atoms with Crippen molar-refractivity contribution in [3.8, 4) is 6.07 Å². The predicted octanol–water partition coefficient (Wildman–Crippen LogP) is 4.47. The number of rotatable bonds is 3. The molecule has 0 aliphatic carbocycles. The zero-order valence-corrected chi connectivity index (χ0v) is 11.4. The molecule has 1 nitrogen and oxygen atoms in total. The molecule has 0 amide bonds. The summed E-state index contributed by atoms with van der Waals surface area (Å²) >= 11 is 1.77. The minimum absolute atomic E-state index is 0.772. The summed E-state index contributed by atoms with van der Waals surface area (Å²) in [6.07, 6.45) is 0. The third-order valence-electron chi connectivity index (χ3n) is 3.01. The summed E-state index contributed by atoms with van der Waals surface area (Å²) in [5, 5.41) is 9.04. The van der Waals surface area contributed by atoms with Gasteiger partial charge in [0.15, 0.2) is 0 Å². The van der Waals surface area contributed by atoms with E-state index < -0.39 is 0 Å². The summed E-state index contributed by atoms with van der Waals surface area (Å²) in [4.78, 5) is 1.26. The van der Waals surface area contributed by atoms with E-state index in [0.29, 0.717) is 0 Å². The Hall–Kier alpha value is -1.72. The van der Waals surface area contributed by atoms with Gasteiger partial charge in [-0.25, -0.2) is 0 Å². The molecule has 0 unspecified atom stereocenters. The standard InChI is InChI=1S/C16H15NS/c1-12-7-8-16(9-13(12)2)18-11-15-6-4-3-5-14(15)10-17/h3-9H,11H2,1-2H3. The number of nitrogens with zero attached hydrogens (tertiary/aromatic N) is 1. The van der Waals surface area contributed by atoms with Crippen LogP contribution in [0.5, 0.6) is 0 Å². The molecule has 0 saturated carbocycles. The average Bonchev–Trinajstić information content (AvgIpc) is 2.40. The fraction of sp³-hybridized carbons (Fsp3) is 0.188. The Morgan fingerprint density at radius 3 is 2.56 bits per heavy atom. The number of aryl methyl sites for hydroxylation is 2. The molecule has 2 aromatic rings. The second-order valence-electron chi connectivity index (χ2n) is 4.30. The Balaban J connectivity index is 2.12. The Morgan fingerprint density at radius 1 is 1.06 bits per heavy atom. The van der Waals surface area contributed by atoms with Crippen LogP contribution < -0.4 is 0 Å². The van der Waals surface area contributed by atoms with Gasteiger partial charge < -0.3 is 0 Å². The topological polar surface area (TPSA) is 23.8 Å². The van der Waals surface area contributed by atoms with E-state index in [1.165, 1.54) is 16.0 Å². The van der Waals surface area contributed by atoms with E-state index in [2.05, 4.69) is 38.1 Å². The summed E-state index contributed by atoms with van der Waals surface area (Å²) < 4.78 is 0. The number of thioether (sulfide) groups is 1. The maximum absolute atomic E-state index is 9.04. The van der Waals surface area contributed by atoms with Crippen LogP contribution in [0.25, 0.3) is 0 Å². The predicted molar refractivity (Wildman–Crippen MR) is 76.6 cm³/mol. The van der Waals surface area contributed by atoms with Crippen molar-refractivity contribution >= 4 is 11.8 Å². The lowest BCUT2D eigenvalue weighted by Crippen LogP contribution is -1.87. The summed E-state index contributed by atoms with van der Waals surface area (Å²) in [6.45, 7) is 4.25. The molecule has 0 radical (unpaired) electrons. The van der Waals surface area contributed by atoms with E-state index >= 15 is 0 Å². The van der Waals surface area contributed by atoms with Crippen LogP contribution >= 0.6 is 11.8 Å². The van der Waals surface area contributed by atoms with Crippen LogP contribution in [0.15, 0.2) is 47.4 Å². The number of benzene rings is 2. The van der Waals surface area contributed by atoms with Gasteiger partial charge in [0.25, 0.3) is 0 Å². The van der Waals surface area contributed by atoms with Crippen molar-refractivity contribution in [2.24, 2.45) is 0 Å². The first-order valence-corrected chi connectivity index (χ1v) is 6.87. The third-order valence-corrected chi connectivity index (χ3v) is 4.05. The Morgan fingerprint density at radius 2 is 1.83 bits per heavy atom. The molecule has 0 saturated heterocycles. The highest BCUT2D eigenvalue weighted by Crippen LogP contribution is 2.25. The van der Waals surface area contributed by atoms with Crippen LogP contribution in [0.1, 0.15) is 22.3 Å². The van der Waals surface area contributed by atoms with Gasteiger partial charge in [0.1, 0.15) is 0 Å². The molecule has 0 aliphatic heterocycles. The molecule has 0 fully saturated rings. The molecular formula is C16H15NS. The molecule has 18 heavy (non-hydrogen) atoms. The van der Waals surface area contributed by atoms with Gasteiger partial charge in [0.05, 0.1) is 11.6 Å². The average molecular weight is 253 g/mol. The molecule has 2 aromatic carbocycles. The van der Waals surface area contributed by atoms with E-state index in [9.17, 15) is 0 Å². The van der Waals surface area contributed by atoms with Gasteiger partial charge in [0, 0.05) is 10.6 Å². The van der Waals surface area contributed by atoms with Gasteiger partial charge in [-0.05, 0) is 48.7 Å². The largest absolute Gasteiger partial charge is 0.192 e. The highest BCUT2D eigenvalue weighted by molar-refractivity contribution is 7.98. The number of hydrogen-bond donors (Lipinski definition) is 0. The van der Waals surface area contributed by atoms with Crippen molar-refractivity contribution in [2.75, 3.05) is 0 Å². The molecule has 0 aliphatic rings. The van der Waals surface area contributed by atoms with Crippen LogP contribution in [-0.4, -0.2) is 0 Å². The lowest BCUT2D eigenvalue weighted by Gasteiger charge is -2.06. The normalized spacial score (nSPS) is 10.1. The van der Waals surface area contributed by atoms with Gasteiger partial charge in [-0.1, -0.05) is 24.3 Å². The molecule has 0 N–H and O–H groups in total. The van der Waals surface area contributed by atoms with Gasteiger partial charge in [-0.3, -0.25) is 0 Å². The zero-order valence-electron chi connectivity index (χ0n) is 10.6. The van der Waals surface area contributed by atoms with Crippen molar-refractivity contribution < 1.29 is 0 Å². The van der Waals surface area contributed by atoms with Crippen LogP contribution in [0, 0.1) is 25.2 Å². The molecule has 0 heterocycles. The van der Waals surface area contributed by atoms with Crippen molar-refractivity contribution in [3.63, 3.8) is 0 Å². The molecule has 0 bridgehead atoms. The van der Waals surface area contributed by atoms with E-state index in [1.807, 2.05) is 24.3 Å². The minimum Gasteiger partial charge on any atom is -0.192 e. The van der Waals surface area contributed by atoms with Crippen LogP contribution in [0.2, 0.25) is 0 Å².